The Bertz CT molecular complexity index is 1010. The van der Waals surface area contributed by atoms with Gasteiger partial charge >= 0.3 is 5.97 Å². The normalized spacial score (nSPS) is 27.4. The fourth-order valence-electron chi connectivity index (χ4n) is 6.23. The van der Waals surface area contributed by atoms with E-state index < -0.39 is 13.9 Å². The Kier molecular flexibility index (Phi) is 8.33. The number of esters is 1. The number of rotatable bonds is 6. The summed E-state index contributed by atoms with van der Waals surface area (Å²) in [5.74, 6) is 6.27. The molecule has 5 heteroatoms. The van der Waals surface area contributed by atoms with E-state index in [1.807, 2.05) is 39.0 Å². The van der Waals surface area contributed by atoms with Crippen molar-refractivity contribution in [1.82, 2.24) is 0 Å². The van der Waals surface area contributed by atoms with Gasteiger partial charge in [-0.15, -0.1) is 0 Å². The van der Waals surface area contributed by atoms with Crippen molar-refractivity contribution < 1.29 is 18.8 Å². The number of fused-ring (bicyclic) bond motifs is 1. The summed E-state index contributed by atoms with van der Waals surface area (Å²) >= 11 is 0. The van der Waals surface area contributed by atoms with E-state index in [-0.39, 0.29) is 46.1 Å². The molecule has 1 aromatic rings. The van der Waals surface area contributed by atoms with E-state index in [9.17, 15) is 9.59 Å². The molecule has 4 nitrogen and oxygen atoms in total. The lowest BCUT2D eigenvalue weighted by atomic mass is 9.61. The van der Waals surface area contributed by atoms with Crippen LogP contribution in [0.1, 0.15) is 90.9 Å². The summed E-state index contributed by atoms with van der Waals surface area (Å²) in [4.78, 5) is 26.1. The zero-order valence-electron chi connectivity index (χ0n) is 23.9. The van der Waals surface area contributed by atoms with Gasteiger partial charge in [0.25, 0.3) is 0 Å². The molecule has 3 rings (SSSR count). The van der Waals surface area contributed by atoms with Crippen LogP contribution in [0.3, 0.4) is 0 Å². The zero-order chi connectivity index (χ0) is 26.9. The van der Waals surface area contributed by atoms with Gasteiger partial charge in [0.05, 0.1) is 5.56 Å². The molecule has 1 aromatic carbocycles. The van der Waals surface area contributed by atoms with E-state index in [0.717, 1.165) is 32.1 Å². The molecule has 2 aliphatic carbocycles. The summed E-state index contributed by atoms with van der Waals surface area (Å²) in [6, 6.07) is 9.23. The third kappa shape index (κ3) is 6.14. The molecule has 2 saturated carbocycles. The van der Waals surface area contributed by atoms with Crippen LogP contribution >= 0.6 is 0 Å². The Balaban J connectivity index is 1.70. The van der Waals surface area contributed by atoms with Crippen LogP contribution in [0.25, 0.3) is 0 Å². The molecule has 198 valence electrons. The molecular weight excluding hydrogens is 464 g/mol. The molecule has 0 spiro atoms. The summed E-state index contributed by atoms with van der Waals surface area (Å²) in [6.07, 6.45) is 4.83. The number of Topliss-reactive ketones (excluding diaryl/α,β-unsaturated/α-hetero) is 1. The Morgan fingerprint density at radius 3 is 2.31 bits per heavy atom. The monoisotopic (exact) mass is 510 g/mol. The van der Waals surface area contributed by atoms with Crippen molar-refractivity contribution in [2.75, 3.05) is 0 Å². The Hall–Kier alpha value is -1.90. The minimum atomic E-state index is -2.00. The molecule has 0 N–H and O–H groups in total. The molecule has 0 heterocycles. The van der Waals surface area contributed by atoms with Crippen molar-refractivity contribution >= 4 is 20.1 Å². The number of ether oxygens (including phenoxy) is 1. The number of hydrogen-bond acceptors (Lipinski definition) is 4. The molecule has 0 bridgehead atoms. The Labute approximate surface area is 220 Å². The fraction of sp³-hybridized carbons (Fsp3) is 0.677. The lowest BCUT2D eigenvalue weighted by molar-refractivity contribution is -0.121. The van der Waals surface area contributed by atoms with Gasteiger partial charge in [-0.25, -0.2) is 4.79 Å². The van der Waals surface area contributed by atoms with Crippen LogP contribution in [0.5, 0.6) is 0 Å². The summed E-state index contributed by atoms with van der Waals surface area (Å²) in [5.41, 5.74) is -0.0908. The SMILES string of the molecule is C[C@H](C(=O)C#CC(C)(C)O[Si](C)(C)C(C)(C)C)[C@H]1CC[C@H]2[C@@H](OC(=O)c3ccccc3)CCC[C@]12C. The maximum absolute atomic E-state index is 13.3. The lowest BCUT2D eigenvalue weighted by Crippen LogP contribution is -2.47. The third-order valence-electron chi connectivity index (χ3n) is 9.22. The molecule has 0 aliphatic heterocycles. The van der Waals surface area contributed by atoms with Gasteiger partial charge in [0, 0.05) is 11.8 Å². The van der Waals surface area contributed by atoms with Gasteiger partial charge in [0.1, 0.15) is 11.7 Å². The first-order valence-corrected chi connectivity index (χ1v) is 16.5. The van der Waals surface area contributed by atoms with Crippen LogP contribution in [-0.4, -0.2) is 31.8 Å². The Morgan fingerprint density at radius 1 is 1.06 bits per heavy atom. The first kappa shape index (κ1) is 28.7. The molecule has 0 aromatic heterocycles. The lowest BCUT2D eigenvalue weighted by Gasteiger charge is -2.45. The fourth-order valence-corrected chi connectivity index (χ4v) is 7.86. The van der Waals surface area contributed by atoms with Gasteiger partial charge in [-0.05, 0) is 93.5 Å². The predicted octanol–water partition coefficient (Wildman–Crippen LogP) is 7.44. The molecule has 0 amide bonds. The van der Waals surface area contributed by atoms with Crippen LogP contribution in [0, 0.1) is 35.0 Å². The summed E-state index contributed by atoms with van der Waals surface area (Å²) < 4.78 is 12.5. The number of carbonyl (C=O) groups is 2. The van der Waals surface area contributed by atoms with Crippen molar-refractivity contribution in [3.05, 3.63) is 35.9 Å². The van der Waals surface area contributed by atoms with Crippen molar-refractivity contribution in [2.45, 2.75) is 110 Å². The van der Waals surface area contributed by atoms with Gasteiger partial charge in [-0.1, -0.05) is 58.7 Å². The van der Waals surface area contributed by atoms with Gasteiger partial charge < -0.3 is 9.16 Å². The highest BCUT2D eigenvalue weighted by molar-refractivity contribution is 6.74. The van der Waals surface area contributed by atoms with Gasteiger partial charge in [0.2, 0.25) is 5.78 Å². The second kappa shape index (κ2) is 10.5. The van der Waals surface area contributed by atoms with Crippen molar-refractivity contribution in [3.63, 3.8) is 0 Å². The minimum Gasteiger partial charge on any atom is -0.458 e. The second-order valence-corrected chi connectivity index (χ2v) is 18.0. The summed E-state index contributed by atoms with van der Waals surface area (Å²) in [5, 5.41) is 0.0815. The van der Waals surface area contributed by atoms with Crippen molar-refractivity contribution in [3.8, 4) is 11.8 Å². The summed E-state index contributed by atoms with van der Waals surface area (Å²) in [6.45, 7) is 19.3. The molecular formula is C31H46O4Si. The number of benzene rings is 1. The van der Waals surface area contributed by atoms with Crippen molar-refractivity contribution in [2.24, 2.45) is 23.2 Å². The van der Waals surface area contributed by atoms with E-state index >= 15 is 0 Å². The molecule has 2 aliphatic rings. The maximum Gasteiger partial charge on any atom is 0.338 e. The van der Waals surface area contributed by atoms with Gasteiger partial charge in [-0.2, -0.15) is 0 Å². The zero-order valence-corrected chi connectivity index (χ0v) is 24.9. The number of ketones is 1. The number of hydrogen-bond donors (Lipinski definition) is 0. The summed E-state index contributed by atoms with van der Waals surface area (Å²) in [7, 11) is -2.00. The average Bonchev–Trinajstić information content (AvgIpc) is 3.14. The predicted molar refractivity (Wildman–Crippen MR) is 148 cm³/mol. The molecule has 36 heavy (non-hydrogen) atoms. The standard InChI is InChI=1S/C31H46O4Si/c1-22(26(32)19-21-30(5,6)35-36(8,9)29(2,3)4)24-17-18-25-27(16-13-20-31(24,25)7)34-28(33)23-14-11-10-12-15-23/h10-12,14-15,22,24-25,27H,13,16-18,20H2,1-9H3/t22-,24+,25-,27-,31+/m0/s1. The third-order valence-corrected chi connectivity index (χ3v) is 13.9. The average molecular weight is 511 g/mol. The Morgan fingerprint density at radius 2 is 1.69 bits per heavy atom. The van der Waals surface area contributed by atoms with E-state index in [1.54, 1.807) is 12.1 Å². The molecule has 5 atom stereocenters. The van der Waals surface area contributed by atoms with E-state index in [4.69, 9.17) is 9.16 Å². The molecule has 2 fully saturated rings. The molecule has 0 saturated heterocycles. The second-order valence-electron chi connectivity index (χ2n) is 13.3. The maximum atomic E-state index is 13.3. The highest BCUT2D eigenvalue weighted by Gasteiger charge is 2.54. The number of carbonyl (C=O) groups excluding carboxylic acids is 2. The topological polar surface area (TPSA) is 52.6 Å². The van der Waals surface area contributed by atoms with Gasteiger partial charge in [0.15, 0.2) is 8.32 Å². The largest absolute Gasteiger partial charge is 0.458 e. The smallest absolute Gasteiger partial charge is 0.338 e. The van der Waals surface area contributed by atoms with Crippen LogP contribution in [0.15, 0.2) is 30.3 Å². The highest BCUT2D eigenvalue weighted by atomic mass is 28.4. The van der Waals surface area contributed by atoms with Crippen molar-refractivity contribution in [1.29, 1.82) is 0 Å². The first-order chi connectivity index (χ1) is 16.6. The quantitative estimate of drug-likeness (QED) is 0.173. The van der Waals surface area contributed by atoms with E-state index in [0.29, 0.717) is 5.56 Å². The van der Waals surface area contributed by atoms with Crippen LogP contribution in [0.2, 0.25) is 18.1 Å². The van der Waals surface area contributed by atoms with E-state index in [2.05, 4.69) is 52.6 Å². The van der Waals surface area contributed by atoms with Gasteiger partial charge in [-0.3, -0.25) is 4.79 Å². The van der Waals surface area contributed by atoms with Crippen LogP contribution < -0.4 is 0 Å². The van der Waals surface area contributed by atoms with Crippen LogP contribution in [-0.2, 0) is 14.0 Å². The van der Waals surface area contributed by atoms with Crippen LogP contribution in [0.4, 0.5) is 0 Å². The highest BCUT2D eigenvalue weighted by Crippen LogP contribution is 2.58. The molecule has 0 radical (unpaired) electrons. The first-order valence-electron chi connectivity index (χ1n) is 13.6. The minimum absolute atomic E-state index is 0.00261. The molecule has 0 unspecified atom stereocenters. The van der Waals surface area contributed by atoms with E-state index in [1.165, 1.54) is 0 Å².